The van der Waals surface area contributed by atoms with E-state index in [4.69, 9.17) is 0 Å². The topological polar surface area (TPSA) is 41.5 Å². The second-order valence-corrected chi connectivity index (χ2v) is 5.69. The molecule has 96 valence electrons. The van der Waals surface area contributed by atoms with Gasteiger partial charge in [-0.3, -0.25) is 4.79 Å². The fourth-order valence-electron chi connectivity index (χ4n) is 1.78. The average Bonchev–Trinajstić information content (AvgIpc) is 3.20. The van der Waals surface area contributed by atoms with Gasteiger partial charge in [-0.25, -0.2) is 5.43 Å². The number of thiophene rings is 1. The summed E-state index contributed by atoms with van der Waals surface area (Å²) in [6, 6.07) is 14.3. The lowest BCUT2D eigenvalue weighted by Crippen LogP contribution is -2.18. The highest BCUT2D eigenvalue weighted by atomic mass is 32.1. The van der Waals surface area contributed by atoms with E-state index >= 15 is 0 Å². The number of hydrogen-bond donors (Lipinski definition) is 1. The van der Waals surface area contributed by atoms with E-state index in [1.807, 2.05) is 24.3 Å². The summed E-state index contributed by atoms with van der Waals surface area (Å²) >= 11 is 1.66. The number of rotatable bonds is 4. The smallest absolute Gasteiger partial charge is 0.243 e. The number of benzene rings is 1. The number of nitrogens with zero attached hydrogens (tertiary/aromatic N) is 1. The molecule has 1 aromatic heterocycles. The highest BCUT2D eigenvalue weighted by Crippen LogP contribution is 2.29. The van der Waals surface area contributed by atoms with Crippen LogP contribution >= 0.6 is 11.3 Å². The number of carbonyl (C=O) groups is 1. The van der Waals surface area contributed by atoms with Gasteiger partial charge in [0.1, 0.15) is 0 Å². The highest BCUT2D eigenvalue weighted by Gasteiger charge is 2.29. The lowest BCUT2D eigenvalue weighted by Gasteiger charge is -1.95. The maximum atomic E-state index is 11.4. The van der Waals surface area contributed by atoms with Crippen LogP contribution < -0.4 is 5.43 Å². The average molecular weight is 270 g/mol. The van der Waals surface area contributed by atoms with E-state index in [1.165, 1.54) is 10.4 Å². The molecule has 0 atom stereocenters. The molecule has 0 bridgehead atoms. The molecule has 1 N–H and O–H groups in total. The monoisotopic (exact) mass is 270 g/mol. The van der Waals surface area contributed by atoms with Crippen LogP contribution in [0.5, 0.6) is 0 Å². The zero-order chi connectivity index (χ0) is 13.1. The van der Waals surface area contributed by atoms with Crippen molar-refractivity contribution in [2.24, 2.45) is 11.0 Å². The van der Waals surface area contributed by atoms with E-state index in [-0.39, 0.29) is 11.8 Å². The quantitative estimate of drug-likeness (QED) is 0.672. The van der Waals surface area contributed by atoms with Crippen LogP contribution in [0.15, 0.2) is 47.6 Å². The van der Waals surface area contributed by atoms with Gasteiger partial charge in [0.25, 0.3) is 0 Å². The van der Waals surface area contributed by atoms with Gasteiger partial charge in [-0.1, -0.05) is 30.3 Å². The second kappa shape index (κ2) is 5.36. The van der Waals surface area contributed by atoms with Crippen LogP contribution in [0.1, 0.15) is 17.7 Å². The van der Waals surface area contributed by atoms with Crippen molar-refractivity contribution in [1.82, 2.24) is 5.43 Å². The van der Waals surface area contributed by atoms with Gasteiger partial charge in [-0.15, -0.1) is 11.3 Å². The molecule has 4 heteroatoms. The van der Waals surface area contributed by atoms with E-state index in [1.54, 1.807) is 17.6 Å². The molecular weight excluding hydrogens is 256 g/mol. The molecule has 0 spiro atoms. The lowest BCUT2D eigenvalue weighted by molar-refractivity contribution is -0.122. The van der Waals surface area contributed by atoms with Crippen molar-refractivity contribution in [1.29, 1.82) is 0 Å². The highest BCUT2D eigenvalue weighted by molar-refractivity contribution is 7.17. The summed E-state index contributed by atoms with van der Waals surface area (Å²) in [6.45, 7) is 0. The maximum Gasteiger partial charge on any atom is 0.243 e. The third kappa shape index (κ3) is 3.09. The van der Waals surface area contributed by atoms with Crippen molar-refractivity contribution >= 4 is 23.5 Å². The third-order valence-electron chi connectivity index (χ3n) is 3.00. The fourth-order valence-corrected chi connectivity index (χ4v) is 2.66. The second-order valence-electron chi connectivity index (χ2n) is 4.58. The normalized spacial score (nSPS) is 14.7. The van der Waals surface area contributed by atoms with Crippen LogP contribution in [-0.4, -0.2) is 12.1 Å². The number of hydrogen-bond acceptors (Lipinski definition) is 3. The predicted octanol–water partition coefficient (Wildman–Crippen LogP) is 3.28. The Balaban J connectivity index is 1.64. The van der Waals surface area contributed by atoms with Crippen molar-refractivity contribution in [3.8, 4) is 10.4 Å². The first-order valence-electron chi connectivity index (χ1n) is 6.31. The van der Waals surface area contributed by atoms with E-state index < -0.39 is 0 Å². The van der Waals surface area contributed by atoms with Gasteiger partial charge < -0.3 is 0 Å². The van der Waals surface area contributed by atoms with Gasteiger partial charge in [-0.05, 0) is 30.5 Å². The maximum absolute atomic E-state index is 11.4. The molecule has 19 heavy (non-hydrogen) atoms. The van der Waals surface area contributed by atoms with E-state index in [0.29, 0.717) is 0 Å². The molecule has 1 heterocycles. The minimum atomic E-state index is 0.0380. The Labute approximate surface area is 116 Å². The first-order valence-corrected chi connectivity index (χ1v) is 7.13. The van der Waals surface area contributed by atoms with Gasteiger partial charge in [0.15, 0.2) is 0 Å². The van der Waals surface area contributed by atoms with Crippen LogP contribution in [-0.2, 0) is 4.79 Å². The van der Waals surface area contributed by atoms with Crippen LogP contribution in [0.3, 0.4) is 0 Å². The number of carbonyl (C=O) groups excluding carboxylic acids is 1. The molecule has 3 nitrogen and oxygen atoms in total. The van der Waals surface area contributed by atoms with Crippen molar-refractivity contribution in [3.05, 3.63) is 47.3 Å². The molecule has 1 saturated carbocycles. The zero-order valence-corrected chi connectivity index (χ0v) is 11.2. The van der Waals surface area contributed by atoms with Crippen LogP contribution in [0.25, 0.3) is 10.4 Å². The summed E-state index contributed by atoms with van der Waals surface area (Å²) in [4.78, 5) is 13.6. The minimum absolute atomic E-state index is 0.0380. The third-order valence-corrected chi connectivity index (χ3v) is 4.07. The van der Waals surface area contributed by atoms with Gasteiger partial charge in [0.2, 0.25) is 5.91 Å². The summed E-state index contributed by atoms with van der Waals surface area (Å²) in [6.07, 6.45) is 3.70. The van der Waals surface area contributed by atoms with Crippen LogP contribution in [0.2, 0.25) is 0 Å². The van der Waals surface area contributed by atoms with E-state index in [9.17, 15) is 4.79 Å². The molecule has 3 rings (SSSR count). The summed E-state index contributed by atoms with van der Waals surface area (Å²) in [5.41, 5.74) is 3.78. The Morgan fingerprint density at radius 2 is 2.00 bits per heavy atom. The van der Waals surface area contributed by atoms with Crippen molar-refractivity contribution < 1.29 is 4.79 Å². The molecule has 1 aromatic carbocycles. The molecular formula is C15H14N2OS. The fraction of sp³-hybridized carbons (Fsp3) is 0.200. The van der Waals surface area contributed by atoms with Crippen molar-refractivity contribution in [3.63, 3.8) is 0 Å². The first-order chi connectivity index (χ1) is 9.33. The molecule has 2 aromatic rings. The number of nitrogens with one attached hydrogen (secondary N) is 1. The van der Waals surface area contributed by atoms with Crippen molar-refractivity contribution in [2.75, 3.05) is 0 Å². The lowest BCUT2D eigenvalue weighted by atomic mass is 10.2. The van der Waals surface area contributed by atoms with Gasteiger partial charge >= 0.3 is 0 Å². The Bertz CT molecular complexity index is 600. The molecule has 0 aliphatic heterocycles. The molecule has 0 saturated heterocycles. The number of amides is 1. The molecule has 0 radical (unpaired) electrons. The molecule has 0 unspecified atom stereocenters. The van der Waals surface area contributed by atoms with Gasteiger partial charge in [-0.2, -0.15) is 5.10 Å². The predicted molar refractivity (Wildman–Crippen MR) is 78.2 cm³/mol. The van der Waals surface area contributed by atoms with Crippen LogP contribution in [0, 0.1) is 5.92 Å². The van der Waals surface area contributed by atoms with Gasteiger partial charge in [0, 0.05) is 15.7 Å². The van der Waals surface area contributed by atoms with Crippen molar-refractivity contribution in [2.45, 2.75) is 12.8 Å². The molecule has 1 aliphatic carbocycles. The first kappa shape index (κ1) is 12.1. The molecule has 1 aliphatic rings. The summed E-state index contributed by atoms with van der Waals surface area (Å²) in [5, 5.41) is 4.00. The Kier molecular flexibility index (Phi) is 3.42. The Hall–Kier alpha value is -1.94. The van der Waals surface area contributed by atoms with Crippen LogP contribution in [0.4, 0.5) is 0 Å². The SMILES string of the molecule is O=C(N/N=C\c1ccc(-c2ccccc2)s1)C1CC1. The Morgan fingerprint density at radius 3 is 2.74 bits per heavy atom. The molecule has 1 amide bonds. The number of hydrazone groups is 1. The standard InChI is InChI=1S/C15H14N2OS/c18-15(12-6-7-12)17-16-10-13-8-9-14(19-13)11-4-2-1-3-5-11/h1-5,8-10,12H,6-7H2,(H,17,18)/b16-10-. The summed E-state index contributed by atoms with van der Waals surface area (Å²) in [7, 11) is 0. The largest absolute Gasteiger partial charge is 0.273 e. The Morgan fingerprint density at radius 1 is 1.21 bits per heavy atom. The summed E-state index contributed by atoms with van der Waals surface area (Å²) in [5.74, 6) is 0.233. The van der Waals surface area contributed by atoms with E-state index in [2.05, 4.69) is 28.7 Å². The van der Waals surface area contributed by atoms with Gasteiger partial charge in [0.05, 0.1) is 6.21 Å². The molecule has 1 fully saturated rings. The zero-order valence-electron chi connectivity index (χ0n) is 10.4. The summed E-state index contributed by atoms with van der Waals surface area (Å²) < 4.78 is 0. The van der Waals surface area contributed by atoms with E-state index in [0.717, 1.165) is 17.7 Å². The minimum Gasteiger partial charge on any atom is -0.273 e.